The van der Waals surface area contributed by atoms with E-state index in [2.05, 4.69) is 5.32 Å². The molecule has 0 radical (unpaired) electrons. The van der Waals surface area contributed by atoms with Crippen molar-refractivity contribution in [3.63, 3.8) is 0 Å². The van der Waals surface area contributed by atoms with E-state index in [0.29, 0.717) is 40.6 Å². The van der Waals surface area contributed by atoms with E-state index in [0.717, 1.165) is 5.56 Å². The summed E-state index contributed by atoms with van der Waals surface area (Å²) >= 11 is 5.98. The third kappa shape index (κ3) is 4.48. The Morgan fingerprint density at radius 3 is 2.68 bits per heavy atom. The van der Waals surface area contributed by atoms with Gasteiger partial charge in [0.1, 0.15) is 0 Å². The number of benzene rings is 2. The molecule has 0 aliphatic heterocycles. The van der Waals surface area contributed by atoms with Crippen molar-refractivity contribution >= 4 is 28.6 Å². The van der Waals surface area contributed by atoms with Gasteiger partial charge in [0.25, 0.3) is 0 Å². The predicted octanol–water partition coefficient (Wildman–Crippen LogP) is 3.01. The van der Waals surface area contributed by atoms with Crippen molar-refractivity contribution in [2.75, 3.05) is 20.8 Å². The summed E-state index contributed by atoms with van der Waals surface area (Å²) in [6, 6.07) is 10.6. The zero-order valence-electron chi connectivity index (χ0n) is 15.7. The number of aromatic nitrogens is 1. The maximum atomic E-state index is 12.1. The molecule has 1 aromatic heterocycles. The van der Waals surface area contributed by atoms with Gasteiger partial charge in [-0.2, -0.15) is 0 Å². The number of fused-ring (bicyclic) bond motifs is 1. The molecule has 1 heterocycles. The van der Waals surface area contributed by atoms with Gasteiger partial charge in [-0.25, -0.2) is 4.79 Å². The summed E-state index contributed by atoms with van der Waals surface area (Å²) in [6.07, 6.45) is 0.809. The molecular formula is C20H21ClN2O5. The highest BCUT2D eigenvalue weighted by atomic mass is 35.5. The molecule has 3 rings (SSSR count). The number of rotatable bonds is 8. The number of aryl methyl sites for hydroxylation is 1. The van der Waals surface area contributed by atoms with Gasteiger partial charge in [0.05, 0.1) is 19.7 Å². The molecule has 0 aliphatic carbocycles. The van der Waals surface area contributed by atoms with Crippen molar-refractivity contribution in [1.29, 1.82) is 0 Å². The minimum absolute atomic E-state index is 0.149. The van der Waals surface area contributed by atoms with Crippen LogP contribution in [0.25, 0.3) is 11.1 Å². The van der Waals surface area contributed by atoms with E-state index in [4.69, 9.17) is 25.5 Å². The fraction of sp³-hybridized carbons (Fsp3) is 0.300. The molecule has 8 heteroatoms. The Morgan fingerprint density at radius 2 is 1.93 bits per heavy atom. The Balaban J connectivity index is 1.54. The third-order valence-corrected chi connectivity index (χ3v) is 4.61. The first-order valence-electron chi connectivity index (χ1n) is 8.78. The SMILES string of the molecule is COc1ccc(CCNC(=O)CCn2c(=O)oc3ccc(Cl)cc32)cc1OC. The molecule has 0 spiro atoms. The maximum Gasteiger partial charge on any atom is 0.419 e. The van der Waals surface area contributed by atoms with E-state index in [9.17, 15) is 9.59 Å². The number of oxazole rings is 1. The number of hydrogen-bond acceptors (Lipinski definition) is 5. The molecule has 0 bridgehead atoms. The second-order valence-corrected chi connectivity index (χ2v) is 6.61. The summed E-state index contributed by atoms with van der Waals surface area (Å²) in [4.78, 5) is 24.1. The van der Waals surface area contributed by atoms with Gasteiger partial charge in [-0.3, -0.25) is 9.36 Å². The maximum absolute atomic E-state index is 12.1. The molecule has 0 fully saturated rings. The third-order valence-electron chi connectivity index (χ3n) is 4.38. The Hall–Kier alpha value is -2.93. The molecule has 1 amide bonds. The first-order chi connectivity index (χ1) is 13.5. The zero-order valence-corrected chi connectivity index (χ0v) is 16.4. The Labute approximate surface area is 166 Å². The summed E-state index contributed by atoms with van der Waals surface area (Å²) in [7, 11) is 3.17. The van der Waals surface area contributed by atoms with Crippen LogP contribution in [-0.2, 0) is 17.8 Å². The molecule has 1 N–H and O–H groups in total. The van der Waals surface area contributed by atoms with Crippen LogP contribution in [0.3, 0.4) is 0 Å². The number of halogens is 1. The number of hydrogen-bond donors (Lipinski definition) is 1. The summed E-state index contributed by atoms with van der Waals surface area (Å²) in [6.45, 7) is 0.690. The van der Waals surface area contributed by atoms with Gasteiger partial charge < -0.3 is 19.2 Å². The standard InChI is InChI=1S/C20H21ClN2O5/c1-26-17-5-3-13(11-18(17)27-2)7-9-22-19(24)8-10-23-15-12-14(21)4-6-16(15)28-20(23)25/h3-6,11-12H,7-10H2,1-2H3,(H,22,24). The minimum Gasteiger partial charge on any atom is -0.493 e. The van der Waals surface area contributed by atoms with Crippen LogP contribution in [0.4, 0.5) is 0 Å². The van der Waals surface area contributed by atoms with Gasteiger partial charge in [-0.1, -0.05) is 17.7 Å². The fourth-order valence-corrected chi connectivity index (χ4v) is 3.10. The first kappa shape index (κ1) is 19.8. The summed E-state index contributed by atoms with van der Waals surface area (Å²) < 4.78 is 17.1. The Bertz CT molecular complexity index is 1040. The second kappa shape index (κ2) is 8.84. The molecule has 2 aromatic carbocycles. The van der Waals surface area contributed by atoms with Gasteiger partial charge in [0, 0.05) is 24.5 Å². The topological polar surface area (TPSA) is 82.7 Å². The molecule has 28 heavy (non-hydrogen) atoms. The van der Waals surface area contributed by atoms with Crippen LogP contribution in [0, 0.1) is 0 Å². The summed E-state index contributed by atoms with van der Waals surface area (Å²) in [5.41, 5.74) is 2.04. The Morgan fingerprint density at radius 1 is 1.14 bits per heavy atom. The van der Waals surface area contributed by atoms with Gasteiger partial charge in [-0.05, 0) is 42.3 Å². The first-order valence-corrected chi connectivity index (χ1v) is 9.16. The Kier molecular flexibility index (Phi) is 6.26. The van der Waals surface area contributed by atoms with Crippen LogP contribution in [0.2, 0.25) is 5.02 Å². The molecular weight excluding hydrogens is 384 g/mol. The van der Waals surface area contributed by atoms with Crippen LogP contribution in [-0.4, -0.2) is 31.2 Å². The van der Waals surface area contributed by atoms with Crippen LogP contribution >= 0.6 is 11.6 Å². The van der Waals surface area contributed by atoms with E-state index < -0.39 is 5.76 Å². The van der Waals surface area contributed by atoms with Crippen LogP contribution < -0.4 is 20.5 Å². The fourth-order valence-electron chi connectivity index (χ4n) is 2.93. The van der Waals surface area contributed by atoms with Gasteiger partial charge in [0.2, 0.25) is 5.91 Å². The van der Waals surface area contributed by atoms with Crippen molar-refractivity contribution in [1.82, 2.24) is 9.88 Å². The van der Waals surface area contributed by atoms with Crippen molar-refractivity contribution in [3.05, 3.63) is 57.5 Å². The highest BCUT2D eigenvalue weighted by Crippen LogP contribution is 2.27. The van der Waals surface area contributed by atoms with E-state index in [-0.39, 0.29) is 18.9 Å². The normalized spacial score (nSPS) is 10.8. The minimum atomic E-state index is -0.504. The number of nitrogens with zero attached hydrogens (tertiary/aromatic N) is 1. The van der Waals surface area contributed by atoms with Gasteiger partial charge in [-0.15, -0.1) is 0 Å². The molecule has 3 aromatic rings. The molecule has 0 aliphatic rings. The lowest BCUT2D eigenvalue weighted by molar-refractivity contribution is -0.121. The van der Waals surface area contributed by atoms with E-state index in [1.165, 1.54) is 4.57 Å². The smallest absolute Gasteiger partial charge is 0.419 e. The summed E-state index contributed by atoms with van der Waals surface area (Å²) in [5.74, 6) is 0.656. The molecule has 0 unspecified atom stereocenters. The zero-order chi connectivity index (χ0) is 20.1. The number of nitrogens with one attached hydrogen (secondary N) is 1. The molecule has 0 saturated carbocycles. The average molecular weight is 405 g/mol. The monoisotopic (exact) mass is 404 g/mol. The lowest BCUT2D eigenvalue weighted by Crippen LogP contribution is -2.27. The molecule has 148 valence electrons. The second-order valence-electron chi connectivity index (χ2n) is 6.17. The van der Waals surface area contributed by atoms with Crippen molar-refractivity contribution < 1.29 is 18.7 Å². The quantitative estimate of drug-likeness (QED) is 0.624. The van der Waals surface area contributed by atoms with Crippen molar-refractivity contribution in [3.8, 4) is 11.5 Å². The predicted molar refractivity (Wildman–Crippen MR) is 106 cm³/mol. The molecule has 7 nitrogen and oxygen atoms in total. The van der Waals surface area contributed by atoms with Gasteiger partial charge in [0.15, 0.2) is 17.1 Å². The summed E-state index contributed by atoms with van der Waals surface area (Å²) in [5, 5.41) is 3.36. The van der Waals surface area contributed by atoms with Crippen molar-refractivity contribution in [2.45, 2.75) is 19.4 Å². The number of carbonyl (C=O) groups is 1. The van der Waals surface area contributed by atoms with Crippen LogP contribution in [0.1, 0.15) is 12.0 Å². The number of ether oxygens (including phenoxy) is 2. The van der Waals surface area contributed by atoms with Gasteiger partial charge >= 0.3 is 5.76 Å². The van der Waals surface area contributed by atoms with Crippen LogP contribution in [0.15, 0.2) is 45.6 Å². The van der Waals surface area contributed by atoms with E-state index in [1.54, 1.807) is 32.4 Å². The molecule has 0 saturated heterocycles. The lowest BCUT2D eigenvalue weighted by atomic mass is 10.1. The number of methoxy groups -OCH3 is 2. The molecule has 0 atom stereocenters. The van der Waals surface area contributed by atoms with E-state index >= 15 is 0 Å². The number of amides is 1. The lowest BCUT2D eigenvalue weighted by Gasteiger charge is -2.10. The highest BCUT2D eigenvalue weighted by Gasteiger charge is 2.11. The highest BCUT2D eigenvalue weighted by molar-refractivity contribution is 6.31. The largest absolute Gasteiger partial charge is 0.493 e. The van der Waals surface area contributed by atoms with E-state index in [1.807, 2.05) is 18.2 Å². The van der Waals surface area contributed by atoms with Crippen molar-refractivity contribution in [2.24, 2.45) is 0 Å². The number of carbonyl (C=O) groups excluding carboxylic acids is 1. The van der Waals surface area contributed by atoms with Crippen LogP contribution in [0.5, 0.6) is 11.5 Å². The average Bonchev–Trinajstić information content (AvgIpc) is 3.00.